The normalized spacial score (nSPS) is 11.2. The zero-order chi connectivity index (χ0) is 15.3. The van der Waals surface area contributed by atoms with Gasteiger partial charge < -0.3 is 11.1 Å². The molecule has 0 spiro atoms. The first-order valence-corrected chi connectivity index (χ1v) is 7.38. The van der Waals surface area contributed by atoms with Crippen molar-refractivity contribution in [2.45, 2.75) is 19.4 Å². The van der Waals surface area contributed by atoms with Crippen molar-refractivity contribution in [2.75, 3.05) is 11.5 Å². The van der Waals surface area contributed by atoms with Crippen molar-refractivity contribution >= 4 is 35.2 Å². The average Bonchev–Trinajstić information content (AvgIpc) is 2.26. The number of carbonyl (C=O) groups excluding carboxylic acids is 2. The maximum absolute atomic E-state index is 13.0. The molecule has 0 aliphatic rings. The van der Waals surface area contributed by atoms with Gasteiger partial charge in [-0.3, -0.25) is 9.59 Å². The number of amides is 2. The molecule has 4 nitrogen and oxygen atoms in total. The van der Waals surface area contributed by atoms with E-state index >= 15 is 0 Å². The highest BCUT2D eigenvalue weighted by molar-refractivity contribution is 8.00. The SMILES string of the molecule is CC(C)(NC(=O)CSCC(N)=O)c1ccc(F)cc1Cl. The Bertz CT molecular complexity index is 523. The molecule has 2 amide bonds. The summed E-state index contributed by atoms with van der Waals surface area (Å²) in [5, 5.41) is 3.04. The fourth-order valence-corrected chi connectivity index (χ4v) is 2.66. The smallest absolute Gasteiger partial charge is 0.230 e. The van der Waals surface area contributed by atoms with Crippen LogP contribution in [-0.4, -0.2) is 23.3 Å². The highest BCUT2D eigenvalue weighted by Crippen LogP contribution is 2.28. The first kappa shape index (κ1) is 16.8. The van der Waals surface area contributed by atoms with Gasteiger partial charge in [0.25, 0.3) is 0 Å². The Morgan fingerprint density at radius 1 is 1.40 bits per heavy atom. The van der Waals surface area contributed by atoms with Gasteiger partial charge in [0.05, 0.1) is 17.0 Å². The molecule has 0 saturated heterocycles. The first-order valence-electron chi connectivity index (χ1n) is 5.85. The van der Waals surface area contributed by atoms with Crippen LogP contribution in [0.5, 0.6) is 0 Å². The minimum absolute atomic E-state index is 0.0884. The van der Waals surface area contributed by atoms with Crippen molar-refractivity contribution in [2.24, 2.45) is 5.73 Å². The molecule has 7 heteroatoms. The summed E-state index contributed by atoms with van der Waals surface area (Å²) in [7, 11) is 0. The predicted octanol–water partition coefficient (Wildman–Crippen LogP) is 2.05. The summed E-state index contributed by atoms with van der Waals surface area (Å²) in [6.45, 7) is 3.53. The minimum Gasteiger partial charge on any atom is -0.369 e. The standard InChI is InChI=1S/C13H16ClFN2O2S/c1-13(2,9-4-3-8(15)5-10(9)14)17-12(19)7-20-6-11(16)18/h3-5H,6-7H2,1-2H3,(H2,16,18)(H,17,19). The number of benzene rings is 1. The lowest BCUT2D eigenvalue weighted by Gasteiger charge is -2.28. The number of halogens is 2. The Morgan fingerprint density at radius 2 is 2.05 bits per heavy atom. The van der Waals surface area contributed by atoms with Gasteiger partial charge in [0.1, 0.15) is 5.82 Å². The molecule has 0 heterocycles. The van der Waals surface area contributed by atoms with Gasteiger partial charge in [-0.2, -0.15) is 0 Å². The number of nitrogens with one attached hydrogen (secondary N) is 1. The third-order valence-electron chi connectivity index (χ3n) is 2.53. The second kappa shape index (κ2) is 6.95. The van der Waals surface area contributed by atoms with Crippen molar-refractivity contribution in [3.05, 3.63) is 34.6 Å². The van der Waals surface area contributed by atoms with E-state index in [2.05, 4.69) is 5.32 Å². The Kier molecular flexibility index (Phi) is 5.83. The van der Waals surface area contributed by atoms with E-state index in [4.69, 9.17) is 17.3 Å². The minimum atomic E-state index is -0.741. The van der Waals surface area contributed by atoms with E-state index < -0.39 is 17.3 Å². The van der Waals surface area contributed by atoms with Crippen LogP contribution in [0.2, 0.25) is 5.02 Å². The van der Waals surface area contributed by atoms with Gasteiger partial charge in [-0.1, -0.05) is 17.7 Å². The number of hydrogen-bond donors (Lipinski definition) is 2. The van der Waals surface area contributed by atoms with Crippen LogP contribution in [0, 0.1) is 5.82 Å². The van der Waals surface area contributed by atoms with Crippen LogP contribution in [0.3, 0.4) is 0 Å². The maximum atomic E-state index is 13.0. The van der Waals surface area contributed by atoms with E-state index in [1.165, 1.54) is 18.2 Å². The lowest BCUT2D eigenvalue weighted by molar-refractivity contribution is -0.120. The van der Waals surface area contributed by atoms with E-state index in [-0.39, 0.29) is 22.4 Å². The Labute approximate surface area is 126 Å². The highest BCUT2D eigenvalue weighted by atomic mass is 35.5. The Balaban J connectivity index is 2.69. The summed E-state index contributed by atoms with van der Waals surface area (Å²) in [5.74, 6) is -0.945. The summed E-state index contributed by atoms with van der Waals surface area (Å²) in [5.41, 5.74) is 4.86. The van der Waals surface area contributed by atoms with Crippen molar-refractivity contribution < 1.29 is 14.0 Å². The summed E-state index contributed by atoms with van der Waals surface area (Å²) in [4.78, 5) is 22.4. The Morgan fingerprint density at radius 3 is 2.60 bits per heavy atom. The van der Waals surface area contributed by atoms with E-state index in [0.29, 0.717) is 5.56 Å². The lowest BCUT2D eigenvalue weighted by Crippen LogP contribution is -2.42. The molecule has 1 rings (SSSR count). The number of carbonyl (C=O) groups is 2. The molecule has 1 aromatic carbocycles. The van der Waals surface area contributed by atoms with Crippen LogP contribution in [0.15, 0.2) is 18.2 Å². The highest BCUT2D eigenvalue weighted by Gasteiger charge is 2.25. The van der Waals surface area contributed by atoms with E-state index in [0.717, 1.165) is 11.8 Å². The third-order valence-corrected chi connectivity index (χ3v) is 3.80. The van der Waals surface area contributed by atoms with Crippen LogP contribution in [0.4, 0.5) is 4.39 Å². The molecule has 3 N–H and O–H groups in total. The van der Waals surface area contributed by atoms with Gasteiger partial charge in [-0.25, -0.2) is 4.39 Å². The van der Waals surface area contributed by atoms with Crippen LogP contribution in [-0.2, 0) is 15.1 Å². The number of nitrogens with two attached hydrogens (primary N) is 1. The molecule has 1 aromatic rings. The molecule has 0 saturated carbocycles. The molecule has 0 bridgehead atoms. The van der Waals surface area contributed by atoms with Gasteiger partial charge in [-0.15, -0.1) is 11.8 Å². The summed E-state index contributed by atoms with van der Waals surface area (Å²) in [6, 6.07) is 4.03. The lowest BCUT2D eigenvalue weighted by atomic mass is 9.94. The van der Waals surface area contributed by atoms with Crippen LogP contribution in [0.1, 0.15) is 19.4 Å². The van der Waals surface area contributed by atoms with Gasteiger partial charge in [0.2, 0.25) is 11.8 Å². The topological polar surface area (TPSA) is 72.2 Å². The van der Waals surface area contributed by atoms with E-state index in [1.807, 2.05) is 0 Å². The molecule has 0 unspecified atom stereocenters. The van der Waals surface area contributed by atoms with Gasteiger partial charge in [0.15, 0.2) is 0 Å². The van der Waals surface area contributed by atoms with Gasteiger partial charge in [-0.05, 0) is 31.5 Å². The van der Waals surface area contributed by atoms with Crippen LogP contribution >= 0.6 is 23.4 Å². The second-order valence-electron chi connectivity index (χ2n) is 4.76. The van der Waals surface area contributed by atoms with Crippen molar-refractivity contribution in [1.82, 2.24) is 5.32 Å². The monoisotopic (exact) mass is 318 g/mol. The number of rotatable bonds is 6. The molecule has 0 aliphatic carbocycles. The largest absolute Gasteiger partial charge is 0.369 e. The van der Waals surface area contributed by atoms with Gasteiger partial charge >= 0.3 is 0 Å². The quantitative estimate of drug-likeness (QED) is 0.843. The van der Waals surface area contributed by atoms with Gasteiger partial charge in [0, 0.05) is 5.02 Å². The number of thioether (sulfide) groups is 1. The Hall–Kier alpha value is -1.27. The zero-order valence-electron chi connectivity index (χ0n) is 11.2. The summed E-state index contributed by atoms with van der Waals surface area (Å²) in [6.07, 6.45) is 0. The molecule has 0 radical (unpaired) electrons. The molecular weight excluding hydrogens is 303 g/mol. The average molecular weight is 319 g/mol. The molecule has 0 aromatic heterocycles. The van der Waals surface area contributed by atoms with E-state index in [9.17, 15) is 14.0 Å². The molecular formula is C13H16ClFN2O2S. The maximum Gasteiger partial charge on any atom is 0.230 e. The molecule has 0 atom stereocenters. The molecule has 110 valence electrons. The second-order valence-corrected chi connectivity index (χ2v) is 6.15. The first-order chi connectivity index (χ1) is 9.22. The third kappa shape index (κ3) is 5.02. The molecule has 20 heavy (non-hydrogen) atoms. The van der Waals surface area contributed by atoms with Crippen molar-refractivity contribution in [1.29, 1.82) is 0 Å². The molecule has 0 aliphatic heterocycles. The summed E-state index contributed by atoms with van der Waals surface area (Å²) >= 11 is 7.12. The number of hydrogen-bond acceptors (Lipinski definition) is 3. The van der Waals surface area contributed by atoms with Crippen LogP contribution < -0.4 is 11.1 Å². The zero-order valence-corrected chi connectivity index (χ0v) is 12.8. The fraction of sp³-hybridized carbons (Fsp3) is 0.385. The molecule has 0 fully saturated rings. The summed E-state index contributed by atoms with van der Waals surface area (Å²) < 4.78 is 13.0. The predicted molar refractivity (Wildman–Crippen MR) is 79.1 cm³/mol. The van der Waals surface area contributed by atoms with Crippen molar-refractivity contribution in [3.63, 3.8) is 0 Å². The van der Waals surface area contributed by atoms with Crippen LogP contribution in [0.25, 0.3) is 0 Å². The van der Waals surface area contributed by atoms with E-state index in [1.54, 1.807) is 13.8 Å². The number of primary amides is 1. The fourth-order valence-electron chi connectivity index (χ4n) is 1.69. The van der Waals surface area contributed by atoms with Crippen molar-refractivity contribution in [3.8, 4) is 0 Å².